The normalized spacial score (nSPS) is 14.3. The number of anilines is 1. The number of nitrogens with zero attached hydrogens (tertiary/aromatic N) is 2. The van der Waals surface area contributed by atoms with Crippen LogP contribution in [0.4, 0.5) is 5.69 Å². The summed E-state index contributed by atoms with van der Waals surface area (Å²) in [6.45, 7) is 0.744. The molecule has 0 unspecified atom stereocenters. The Hall–Kier alpha value is -1.63. The first kappa shape index (κ1) is 14.9. The summed E-state index contributed by atoms with van der Waals surface area (Å²) < 4.78 is 0. The number of thioether (sulfide) groups is 1. The summed E-state index contributed by atoms with van der Waals surface area (Å²) in [7, 11) is 0. The predicted octanol–water partition coefficient (Wildman–Crippen LogP) is 5.01. The maximum Gasteiger partial charge on any atom is 0.277 e. The van der Waals surface area contributed by atoms with Gasteiger partial charge < -0.3 is 4.90 Å². The minimum atomic E-state index is -0.00215. The second-order valence-electron chi connectivity index (χ2n) is 5.18. The van der Waals surface area contributed by atoms with Crippen LogP contribution in [-0.2, 0) is 0 Å². The topological polar surface area (TPSA) is 33.2 Å². The summed E-state index contributed by atoms with van der Waals surface area (Å²) in [6.07, 6.45) is 0.993. The molecule has 0 saturated carbocycles. The summed E-state index contributed by atoms with van der Waals surface area (Å²) in [6, 6.07) is 10.2. The number of para-hydroxylation sites is 1. The van der Waals surface area contributed by atoms with Crippen LogP contribution in [-0.4, -0.2) is 23.2 Å². The SMILES string of the molecule is O=C(c1csc(-c2ccsc2)n1)N1CCCSc2ccccc21. The molecule has 1 amide bonds. The Morgan fingerprint density at radius 3 is 2.96 bits per heavy atom. The van der Waals surface area contributed by atoms with Gasteiger partial charge in [-0.2, -0.15) is 11.3 Å². The molecule has 1 aliphatic rings. The van der Waals surface area contributed by atoms with Gasteiger partial charge >= 0.3 is 0 Å². The van der Waals surface area contributed by atoms with Gasteiger partial charge in [-0.25, -0.2) is 4.98 Å². The van der Waals surface area contributed by atoms with Crippen molar-refractivity contribution in [1.82, 2.24) is 4.98 Å². The van der Waals surface area contributed by atoms with Gasteiger partial charge in [0.2, 0.25) is 0 Å². The Morgan fingerprint density at radius 1 is 1.17 bits per heavy atom. The van der Waals surface area contributed by atoms with Crippen LogP contribution in [0.3, 0.4) is 0 Å². The van der Waals surface area contributed by atoms with Crippen molar-refractivity contribution in [2.45, 2.75) is 11.3 Å². The van der Waals surface area contributed by atoms with E-state index in [-0.39, 0.29) is 5.91 Å². The third-order valence-corrected chi connectivity index (χ3v) is 6.40. The third kappa shape index (κ3) is 2.94. The standard InChI is InChI=1S/C17H14N2OS3/c20-17(13-11-23-16(18-13)12-6-9-21-10-12)19-7-3-8-22-15-5-2-1-4-14(15)19/h1-2,4-6,9-11H,3,7-8H2. The molecule has 116 valence electrons. The number of rotatable bonds is 2. The van der Waals surface area contributed by atoms with Gasteiger partial charge in [0, 0.05) is 27.8 Å². The number of benzene rings is 1. The molecule has 3 nitrogen and oxygen atoms in total. The number of hydrogen-bond acceptors (Lipinski definition) is 5. The third-order valence-electron chi connectivity index (χ3n) is 3.68. The molecule has 1 aromatic carbocycles. The molecule has 0 fully saturated rings. The van der Waals surface area contributed by atoms with Gasteiger partial charge in [0.05, 0.1) is 5.69 Å². The maximum absolute atomic E-state index is 13.0. The van der Waals surface area contributed by atoms with Gasteiger partial charge in [0.15, 0.2) is 0 Å². The summed E-state index contributed by atoms with van der Waals surface area (Å²) in [5.74, 6) is 1.04. The summed E-state index contributed by atoms with van der Waals surface area (Å²) in [5, 5.41) is 6.87. The Balaban J connectivity index is 1.67. The van der Waals surface area contributed by atoms with E-state index in [0.29, 0.717) is 5.69 Å². The van der Waals surface area contributed by atoms with Crippen molar-refractivity contribution in [2.24, 2.45) is 0 Å². The van der Waals surface area contributed by atoms with Crippen LogP contribution in [0.15, 0.2) is 51.4 Å². The maximum atomic E-state index is 13.0. The highest BCUT2D eigenvalue weighted by Gasteiger charge is 2.24. The first-order valence-electron chi connectivity index (χ1n) is 7.35. The molecule has 0 atom stereocenters. The highest BCUT2D eigenvalue weighted by Crippen LogP contribution is 2.35. The minimum Gasteiger partial charge on any atom is -0.306 e. The molecule has 1 aliphatic heterocycles. The first-order chi connectivity index (χ1) is 11.3. The van der Waals surface area contributed by atoms with E-state index < -0.39 is 0 Å². The van der Waals surface area contributed by atoms with Crippen molar-refractivity contribution in [3.8, 4) is 10.6 Å². The lowest BCUT2D eigenvalue weighted by molar-refractivity contribution is 0.0982. The zero-order chi connectivity index (χ0) is 15.6. The van der Waals surface area contributed by atoms with E-state index in [0.717, 1.165) is 35.0 Å². The number of thiazole rings is 1. The van der Waals surface area contributed by atoms with Crippen molar-refractivity contribution < 1.29 is 4.79 Å². The van der Waals surface area contributed by atoms with Crippen molar-refractivity contribution in [3.05, 3.63) is 52.2 Å². The molecule has 3 aromatic rings. The van der Waals surface area contributed by atoms with Gasteiger partial charge in [-0.1, -0.05) is 12.1 Å². The van der Waals surface area contributed by atoms with Gasteiger partial charge in [0.1, 0.15) is 10.7 Å². The molecule has 4 rings (SSSR count). The van der Waals surface area contributed by atoms with Gasteiger partial charge in [0.25, 0.3) is 5.91 Å². The smallest absolute Gasteiger partial charge is 0.277 e. The van der Waals surface area contributed by atoms with E-state index in [1.54, 1.807) is 11.3 Å². The number of carbonyl (C=O) groups excluding carboxylic acids is 1. The Morgan fingerprint density at radius 2 is 2.09 bits per heavy atom. The van der Waals surface area contributed by atoms with Crippen LogP contribution in [0.5, 0.6) is 0 Å². The number of fused-ring (bicyclic) bond motifs is 1. The Labute approximate surface area is 147 Å². The Kier molecular flexibility index (Phi) is 4.20. The summed E-state index contributed by atoms with van der Waals surface area (Å²) in [4.78, 5) is 20.6. The van der Waals surface area contributed by atoms with Crippen LogP contribution in [0.2, 0.25) is 0 Å². The van der Waals surface area contributed by atoms with E-state index in [1.165, 1.54) is 16.2 Å². The van der Waals surface area contributed by atoms with Gasteiger partial charge in [-0.15, -0.1) is 23.1 Å². The lowest BCUT2D eigenvalue weighted by Crippen LogP contribution is -2.32. The molecule has 0 aliphatic carbocycles. The molecule has 2 aromatic heterocycles. The first-order valence-corrected chi connectivity index (χ1v) is 10.2. The molecule has 0 N–H and O–H groups in total. The van der Waals surface area contributed by atoms with Crippen LogP contribution in [0.25, 0.3) is 10.6 Å². The van der Waals surface area contributed by atoms with E-state index >= 15 is 0 Å². The van der Waals surface area contributed by atoms with Crippen LogP contribution in [0, 0.1) is 0 Å². The molecule has 0 bridgehead atoms. The molecule has 0 radical (unpaired) electrons. The largest absolute Gasteiger partial charge is 0.306 e. The average Bonchev–Trinajstić information content (AvgIpc) is 3.22. The number of thiophene rings is 1. The van der Waals surface area contributed by atoms with Crippen molar-refractivity contribution in [1.29, 1.82) is 0 Å². The van der Waals surface area contributed by atoms with E-state index in [4.69, 9.17) is 0 Å². The minimum absolute atomic E-state index is 0.00215. The molecule has 0 spiro atoms. The molecule has 6 heteroatoms. The van der Waals surface area contributed by atoms with E-state index in [1.807, 2.05) is 51.7 Å². The number of carbonyl (C=O) groups is 1. The second kappa shape index (κ2) is 6.47. The fraction of sp³-hybridized carbons (Fsp3) is 0.176. The molecule has 3 heterocycles. The lowest BCUT2D eigenvalue weighted by atomic mass is 10.2. The van der Waals surface area contributed by atoms with E-state index in [9.17, 15) is 4.79 Å². The van der Waals surface area contributed by atoms with Gasteiger partial charge in [-0.05, 0) is 35.8 Å². The van der Waals surface area contributed by atoms with Crippen molar-refractivity contribution in [2.75, 3.05) is 17.2 Å². The van der Waals surface area contributed by atoms with Crippen LogP contribution in [0.1, 0.15) is 16.9 Å². The molecular weight excluding hydrogens is 344 g/mol. The number of amides is 1. The zero-order valence-electron chi connectivity index (χ0n) is 12.3. The van der Waals surface area contributed by atoms with Crippen molar-refractivity contribution in [3.63, 3.8) is 0 Å². The number of aromatic nitrogens is 1. The molecule has 23 heavy (non-hydrogen) atoms. The molecule has 0 saturated heterocycles. The van der Waals surface area contributed by atoms with Crippen LogP contribution < -0.4 is 4.90 Å². The second-order valence-corrected chi connectivity index (χ2v) is 7.95. The number of hydrogen-bond donors (Lipinski definition) is 0. The Bertz CT molecular complexity index is 826. The highest BCUT2D eigenvalue weighted by molar-refractivity contribution is 7.99. The monoisotopic (exact) mass is 358 g/mol. The van der Waals surface area contributed by atoms with Crippen LogP contribution >= 0.6 is 34.4 Å². The zero-order valence-corrected chi connectivity index (χ0v) is 14.7. The fourth-order valence-corrected chi connectivity index (χ4v) is 5.07. The predicted molar refractivity (Wildman–Crippen MR) is 98.9 cm³/mol. The van der Waals surface area contributed by atoms with Crippen molar-refractivity contribution >= 4 is 46.0 Å². The average molecular weight is 359 g/mol. The van der Waals surface area contributed by atoms with E-state index in [2.05, 4.69) is 16.4 Å². The highest BCUT2D eigenvalue weighted by atomic mass is 32.2. The fourth-order valence-electron chi connectivity index (χ4n) is 2.57. The quantitative estimate of drug-likeness (QED) is 0.645. The lowest BCUT2D eigenvalue weighted by Gasteiger charge is -2.21. The summed E-state index contributed by atoms with van der Waals surface area (Å²) >= 11 is 4.99. The summed E-state index contributed by atoms with van der Waals surface area (Å²) in [5.41, 5.74) is 2.63. The van der Waals surface area contributed by atoms with Gasteiger partial charge in [-0.3, -0.25) is 4.79 Å². The molecular formula is C17H14N2OS3.